The Labute approximate surface area is 128 Å². The molecule has 5 nitrogen and oxygen atoms in total. The lowest BCUT2D eigenvalue weighted by molar-refractivity contribution is -0.131. The fourth-order valence-electron chi connectivity index (χ4n) is 3.05. The van der Waals surface area contributed by atoms with Crippen molar-refractivity contribution in [2.24, 2.45) is 5.73 Å². The number of nitrogens with two attached hydrogens (primary N) is 1. The monoisotopic (exact) mass is 297 g/mol. The van der Waals surface area contributed by atoms with Crippen LogP contribution in [-0.4, -0.2) is 28.5 Å². The third-order valence-corrected chi connectivity index (χ3v) is 4.40. The Morgan fingerprint density at radius 1 is 1.05 bits per heavy atom. The lowest BCUT2D eigenvalue weighted by Crippen LogP contribution is -2.51. The van der Waals surface area contributed by atoms with Crippen molar-refractivity contribution in [1.82, 2.24) is 10.2 Å². The number of hydrogen-bond donors (Lipinski definition) is 2. The van der Waals surface area contributed by atoms with Gasteiger partial charge in [0.05, 0.1) is 0 Å². The maximum absolute atomic E-state index is 12.2. The summed E-state index contributed by atoms with van der Waals surface area (Å²) in [5.41, 5.74) is 5.26. The molecule has 1 aliphatic heterocycles. The molecule has 1 aliphatic rings. The van der Waals surface area contributed by atoms with Gasteiger partial charge in [-0.25, -0.2) is 4.79 Å². The molecule has 1 fully saturated rings. The molecule has 0 aromatic heterocycles. The van der Waals surface area contributed by atoms with Crippen molar-refractivity contribution in [2.75, 3.05) is 0 Å². The summed E-state index contributed by atoms with van der Waals surface area (Å²) < 4.78 is 0. The van der Waals surface area contributed by atoms with Crippen LogP contribution >= 0.6 is 0 Å². The lowest BCUT2D eigenvalue weighted by atomic mass is 9.86. The largest absolute Gasteiger partial charge is 0.326 e. The molecule has 2 atom stereocenters. The summed E-state index contributed by atoms with van der Waals surface area (Å²) in [6, 6.07) is -0.331. The number of urea groups is 1. The zero-order chi connectivity index (χ0) is 15.9. The van der Waals surface area contributed by atoms with E-state index in [0.29, 0.717) is 0 Å². The Hall–Kier alpha value is -1.10. The Morgan fingerprint density at radius 2 is 1.57 bits per heavy atom. The van der Waals surface area contributed by atoms with E-state index in [4.69, 9.17) is 5.73 Å². The van der Waals surface area contributed by atoms with Crippen LogP contribution < -0.4 is 11.1 Å². The molecule has 1 saturated heterocycles. The van der Waals surface area contributed by atoms with Crippen LogP contribution in [0.2, 0.25) is 0 Å². The van der Waals surface area contributed by atoms with Crippen LogP contribution in [0, 0.1) is 0 Å². The van der Waals surface area contributed by atoms with E-state index in [1.54, 1.807) is 0 Å². The molecule has 3 amide bonds. The summed E-state index contributed by atoms with van der Waals surface area (Å²) in [6.45, 7) is 6.36. The fraction of sp³-hybridized carbons (Fsp3) is 0.875. The molecule has 0 saturated carbocycles. The van der Waals surface area contributed by atoms with Crippen LogP contribution in [0.1, 0.15) is 78.6 Å². The highest BCUT2D eigenvalue weighted by Gasteiger charge is 2.46. The molecule has 0 aromatic carbocycles. The Kier molecular flexibility index (Phi) is 7.15. The molecule has 21 heavy (non-hydrogen) atoms. The van der Waals surface area contributed by atoms with Gasteiger partial charge in [-0.3, -0.25) is 9.69 Å². The molecule has 3 N–H and O–H groups in total. The fourth-order valence-corrected chi connectivity index (χ4v) is 3.05. The predicted octanol–water partition coefficient (Wildman–Crippen LogP) is 3.13. The van der Waals surface area contributed by atoms with Gasteiger partial charge in [0.25, 0.3) is 5.91 Å². The quantitative estimate of drug-likeness (QED) is 0.480. The molecule has 0 radical (unpaired) electrons. The van der Waals surface area contributed by atoms with Crippen molar-refractivity contribution in [3.8, 4) is 0 Å². The van der Waals surface area contributed by atoms with Gasteiger partial charge >= 0.3 is 6.03 Å². The van der Waals surface area contributed by atoms with Gasteiger partial charge < -0.3 is 11.1 Å². The number of unbranched alkanes of at least 4 members (excludes halogenated alkanes) is 5. The van der Waals surface area contributed by atoms with Gasteiger partial charge in [0.1, 0.15) is 0 Å². The first-order valence-electron chi connectivity index (χ1n) is 8.36. The highest BCUT2D eigenvalue weighted by Crippen LogP contribution is 2.31. The van der Waals surface area contributed by atoms with Gasteiger partial charge in [0, 0.05) is 5.54 Å². The van der Waals surface area contributed by atoms with Gasteiger partial charge in [-0.1, -0.05) is 58.8 Å². The smallest absolute Gasteiger partial charge is 0.314 e. The standard InChI is InChI=1S/C16H31N3O2/c1-4-6-8-10-12-16(3,11-9-7-5-2)19-14(20)13(17)18-15(19)21/h13H,4-12,17H2,1-3H3,(H,18,21). The number of carbonyl (C=O) groups is 2. The van der Waals surface area contributed by atoms with E-state index < -0.39 is 11.7 Å². The molecule has 0 aliphatic carbocycles. The second-order valence-corrected chi connectivity index (χ2v) is 6.37. The van der Waals surface area contributed by atoms with Crippen LogP contribution in [0.25, 0.3) is 0 Å². The molecule has 122 valence electrons. The predicted molar refractivity (Wildman–Crippen MR) is 84.7 cm³/mol. The Morgan fingerprint density at radius 3 is 2.05 bits per heavy atom. The lowest BCUT2D eigenvalue weighted by Gasteiger charge is -2.37. The minimum absolute atomic E-state index is 0.283. The first-order valence-corrected chi connectivity index (χ1v) is 8.36. The average Bonchev–Trinajstić information content (AvgIpc) is 2.69. The second kappa shape index (κ2) is 8.37. The van der Waals surface area contributed by atoms with Crippen LogP contribution in [0.5, 0.6) is 0 Å². The second-order valence-electron chi connectivity index (χ2n) is 6.37. The molecule has 1 rings (SSSR count). The highest BCUT2D eigenvalue weighted by molar-refractivity contribution is 6.04. The van der Waals surface area contributed by atoms with E-state index >= 15 is 0 Å². The maximum atomic E-state index is 12.2. The summed E-state index contributed by atoms with van der Waals surface area (Å²) in [5.74, 6) is -0.283. The summed E-state index contributed by atoms with van der Waals surface area (Å²) >= 11 is 0. The number of amides is 3. The average molecular weight is 297 g/mol. The molecule has 0 spiro atoms. The molecule has 5 heteroatoms. The highest BCUT2D eigenvalue weighted by atomic mass is 16.2. The van der Waals surface area contributed by atoms with Gasteiger partial charge in [0.2, 0.25) is 0 Å². The van der Waals surface area contributed by atoms with Crippen LogP contribution in [0.3, 0.4) is 0 Å². The number of carbonyl (C=O) groups excluding carboxylic acids is 2. The van der Waals surface area contributed by atoms with E-state index in [2.05, 4.69) is 19.2 Å². The normalized spacial score (nSPS) is 21.5. The first kappa shape index (κ1) is 18.0. The minimum atomic E-state index is -0.876. The molecular formula is C16H31N3O2. The third-order valence-electron chi connectivity index (χ3n) is 4.40. The van der Waals surface area contributed by atoms with Crippen molar-refractivity contribution in [2.45, 2.75) is 90.3 Å². The third kappa shape index (κ3) is 4.70. The Balaban J connectivity index is 2.74. The zero-order valence-corrected chi connectivity index (χ0v) is 13.8. The molecule has 0 bridgehead atoms. The molecule has 1 heterocycles. The number of rotatable bonds is 10. The number of nitrogens with zero attached hydrogens (tertiary/aromatic N) is 1. The van der Waals surface area contributed by atoms with Crippen molar-refractivity contribution in [3.63, 3.8) is 0 Å². The summed E-state index contributed by atoms with van der Waals surface area (Å²) in [7, 11) is 0. The molecule has 0 aromatic rings. The van der Waals surface area contributed by atoms with Crippen molar-refractivity contribution >= 4 is 11.9 Å². The van der Waals surface area contributed by atoms with E-state index in [0.717, 1.165) is 44.9 Å². The van der Waals surface area contributed by atoms with Gasteiger partial charge in [0.15, 0.2) is 6.17 Å². The summed E-state index contributed by atoms with van der Waals surface area (Å²) in [6.07, 6.45) is 8.71. The first-order chi connectivity index (χ1) is 9.96. The van der Waals surface area contributed by atoms with Crippen molar-refractivity contribution in [1.29, 1.82) is 0 Å². The van der Waals surface area contributed by atoms with E-state index in [1.807, 2.05) is 6.92 Å². The topological polar surface area (TPSA) is 75.4 Å². The number of imide groups is 1. The van der Waals surface area contributed by atoms with E-state index in [1.165, 1.54) is 17.7 Å². The van der Waals surface area contributed by atoms with Crippen LogP contribution in [0.4, 0.5) is 4.79 Å². The van der Waals surface area contributed by atoms with Crippen molar-refractivity contribution < 1.29 is 9.59 Å². The van der Waals surface area contributed by atoms with Gasteiger partial charge in [-0.05, 0) is 19.8 Å². The summed E-state index contributed by atoms with van der Waals surface area (Å²) in [4.78, 5) is 25.7. The van der Waals surface area contributed by atoms with E-state index in [9.17, 15) is 9.59 Å². The van der Waals surface area contributed by atoms with Crippen LogP contribution in [-0.2, 0) is 4.79 Å². The maximum Gasteiger partial charge on any atom is 0.326 e. The number of nitrogens with one attached hydrogen (secondary N) is 1. The number of hydrogen-bond acceptors (Lipinski definition) is 3. The van der Waals surface area contributed by atoms with Crippen molar-refractivity contribution in [3.05, 3.63) is 0 Å². The SMILES string of the molecule is CCCCCCC(C)(CCCCC)N1C(=O)NC(N)C1=O. The zero-order valence-electron chi connectivity index (χ0n) is 13.8. The van der Waals surface area contributed by atoms with E-state index in [-0.39, 0.29) is 11.9 Å². The molecule has 2 unspecified atom stereocenters. The molecular weight excluding hydrogens is 266 g/mol. The Bertz CT molecular complexity index is 359. The van der Waals surface area contributed by atoms with Gasteiger partial charge in [-0.15, -0.1) is 0 Å². The van der Waals surface area contributed by atoms with Crippen LogP contribution in [0.15, 0.2) is 0 Å². The van der Waals surface area contributed by atoms with Gasteiger partial charge in [-0.2, -0.15) is 0 Å². The summed E-state index contributed by atoms with van der Waals surface area (Å²) in [5, 5.41) is 2.53. The minimum Gasteiger partial charge on any atom is -0.314 e.